The number of halogens is 2. The maximum absolute atomic E-state index is 11.6. The minimum Gasteiger partial charge on any atom is -0.367 e. The molecular formula is C11H7Cl2NO. The summed E-state index contributed by atoms with van der Waals surface area (Å²) >= 11 is 12.0. The van der Waals surface area contributed by atoms with Crippen molar-refractivity contribution in [3.05, 3.63) is 56.9 Å². The molecule has 1 aromatic carbocycles. The van der Waals surface area contributed by atoms with Gasteiger partial charge in [0.25, 0.3) is 0 Å². The van der Waals surface area contributed by atoms with Crippen LogP contribution in [0.3, 0.4) is 0 Å². The molecular weight excluding hydrogens is 233 g/mol. The van der Waals surface area contributed by atoms with Crippen molar-refractivity contribution >= 4 is 23.2 Å². The van der Waals surface area contributed by atoms with Crippen LogP contribution in [0.1, 0.15) is 0 Å². The molecule has 0 aliphatic rings. The number of hydrogen-bond acceptors (Lipinski definition) is 1. The fourth-order valence-corrected chi connectivity index (χ4v) is 1.97. The summed E-state index contributed by atoms with van der Waals surface area (Å²) in [6.45, 7) is 0. The van der Waals surface area contributed by atoms with Gasteiger partial charge in [-0.1, -0.05) is 29.3 Å². The average molecular weight is 240 g/mol. The van der Waals surface area contributed by atoms with Crippen molar-refractivity contribution in [1.82, 2.24) is 4.98 Å². The molecule has 2 aromatic rings. The quantitative estimate of drug-likeness (QED) is 0.814. The summed E-state index contributed by atoms with van der Waals surface area (Å²) in [5, 5.41) is 0.943. The van der Waals surface area contributed by atoms with Gasteiger partial charge in [-0.25, -0.2) is 0 Å². The summed E-state index contributed by atoms with van der Waals surface area (Å²) in [6.07, 6.45) is 3.16. The molecule has 0 bridgehead atoms. The van der Waals surface area contributed by atoms with Crippen LogP contribution in [-0.2, 0) is 0 Å². The zero-order valence-corrected chi connectivity index (χ0v) is 9.14. The van der Waals surface area contributed by atoms with Crippen LogP contribution < -0.4 is 5.43 Å². The Balaban J connectivity index is 2.75. The Morgan fingerprint density at radius 1 is 1.07 bits per heavy atom. The Labute approximate surface area is 96.5 Å². The number of hydrogen-bond donors (Lipinski definition) is 1. The number of aromatic nitrogens is 1. The van der Waals surface area contributed by atoms with Crippen LogP contribution in [-0.4, -0.2) is 4.98 Å². The third-order valence-corrected chi connectivity index (χ3v) is 2.69. The molecule has 0 aliphatic carbocycles. The third kappa shape index (κ3) is 1.91. The van der Waals surface area contributed by atoms with Gasteiger partial charge >= 0.3 is 0 Å². The zero-order valence-electron chi connectivity index (χ0n) is 7.63. The molecule has 0 amide bonds. The van der Waals surface area contributed by atoms with Crippen molar-refractivity contribution in [2.45, 2.75) is 0 Å². The molecule has 1 aromatic heterocycles. The topological polar surface area (TPSA) is 32.9 Å². The highest BCUT2D eigenvalue weighted by atomic mass is 35.5. The van der Waals surface area contributed by atoms with Gasteiger partial charge in [-0.15, -0.1) is 0 Å². The molecule has 1 N–H and O–H groups in total. The van der Waals surface area contributed by atoms with E-state index in [0.717, 1.165) is 0 Å². The molecule has 2 nitrogen and oxygen atoms in total. The van der Waals surface area contributed by atoms with Crippen molar-refractivity contribution in [1.29, 1.82) is 0 Å². The van der Waals surface area contributed by atoms with Crippen LogP contribution in [0, 0.1) is 0 Å². The van der Waals surface area contributed by atoms with Gasteiger partial charge < -0.3 is 4.98 Å². The average Bonchev–Trinajstić information content (AvgIpc) is 2.20. The summed E-state index contributed by atoms with van der Waals surface area (Å²) in [7, 11) is 0. The van der Waals surface area contributed by atoms with Gasteiger partial charge in [-0.2, -0.15) is 0 Å². The van der Waals surface area contributed by atoms with Crippen molar-refractivity contribution in [3.8, 4) is 11.1 Å². The summed E-state index contributed by atoms with van der Waals surface area (Å²) in [4.78, 5) is 14.4. The summed E-state index contributed by atoms with van der Waals surface area (Å²) in [6, 6.07) is 6.59. The van der Waals surface area contributed by atoms with E-state index in [4.69, 9.17) is 23.2 Å². The van der Waals surface area contributed by atoms with Crippen LogP contribution in [0.2, 0.25) is 10.0 Å². The second-order valence-corrected chi connectivity index (χ2v) is 3.83. The highest BCUT2D eigenvalue weighted by Crippen LogP contribution is 2.32. The standard InChI is InChI=1S/C11H7Cl2NO/c12-8-2-1-3-9(13)11(8)7-6-14-5-4-10(7)15/h1-6H,(H,14,15). The summed E-state index contributed by atoms with van der Waals surface area (Å²) in [5.41, 5.74) is 0.944. The Kier molecular flexibility index (Phi) is 2.80. The first-order valence-electron chi connectivity index (χ1n) is 4.31. The molecule has 1 heterocycles. The smallest absolute Gasteiger partial charge is 0.189 e. The first kappa shape index (κ1) is 10.3. The van der Waals surface area contributed by atoms with E-state index in [0.29, 0.717) is 21.2 Å². The zero-order chi connectivity index (χ0) is 10.8. The number of H-pyrrole nitrogens is 1. The van der Waals surface area contributed by atoms with Crippen LogP contribution in [0.15, 0.2) is 41.5 Å². The van der Waals surface area contributed by atoms with Crippen LogP contribution >= 0.6 is 23.2 Å². The molecule has 0 aliphatic heterocycles. The minimum absolute atomic E-state index is 0.108. The first-order chi connectivity index (χ1) is 7.20. The van der Waals surface area contributed by atoms with Crippen LogP contribution in [0.4, 0.5) is 0 Å². The number of pyridine rings is 1. The van der Waals surface area contributed by atoms with E-state index < -0.39 is 0 Å². The molecule has 0 saturated carbocycles. The largest absolute Gasteiger partial charge is 0.367 e. The van der Waals surface area contributed by atoms with E-state index in [9.17, 15) is 4.79 Å². The predicted octanol–water partition coefficient (Wildman–Crippen LogP) is 3.35. The number of rotatable bonds is 1. The predicted molar refractivity (Wildman–Crippen MR) is 62.5 cm³/mol. The number of benzene rings is 1. The first-order valence-corrected chi connectivity index (χ1v) is 5.07. The lowest BCUT2D eigenvalue weighted by atomic mass is 10.1. The SMILES string of the molecule is O=c1cc[nH]cc1-c1c(Cl)cccc1Cl. The summed E-state index contributed by atoms with van der Waals surface area (Å²) in [5.74, 6) is 0. The van der Waals surface area contributed by atoms with Crippen molar-refractivity contribution in [3.63, 3.8) is 0 Å². The van der Waals surface area contributed by atoms with Gasteiger partial charge in [0.2, 0.25) is 0 Å². The Morgan fingerprint density at radius 2 is 1.73 bits per heavy atom. The Morgan fingerprint density at radius 3 is 2.33 bits per heavy atom. The van der Waals surface area contributed by atoms with E-state index in [-0.39, 0.29) is 5.43 Å². The molecule has 0 unspecified atom stereocenters. The lowest BCUT2D eigenvalue weighted by Crippen LogP contribution is -2.03. The van der Waals surface area contributed by atoms with Gasteiger partial charge in [0.1, 0.15) is 0 Å². The minimum atomic E-state index is -0.108. The lowest BCUT2D eigenvalue weighted by molar-refractivity contribution is 1.30. The highest BCUT2D eigenvalue weighted by molar-refractivity contribution is 6.39. The monoisotopic (exact) mass is 239 g/mol. The highest BCUT2D eigenvalue weighted by Gasteiger charge is 2.10. The van der Waals surface area contributed by atoms with Gasteiger partial charge in [-0.05, 0) is 12.1 Å². The van der Waals surface area contributed by atoms with E-state index in [2.05, 4.69) is 4.98 Å². The third-order valence-electron chi connectivity index (χ3n) is 2.06. The van der Waals surface area contributed by atoms with Gasteiger partial charge in [0, 0.05) is 29.6 Å². The second kappa shape index (κ2) is 4.09. The number of nitrogens with one attached hydrogen (secondary N) is 1. The molecule has 0 saturated heterocycles. The normalized spacial score (nSPS) is 10.3. The molecule has 15 heavy (non-hydrogen) atoms. The van der Waals surface area contributed by atoms with E-state index in [1.807, 2.05) is 0 Å². The van der Waals surface area contributed by atoms with Gasteiger partial charge in [-0.3, -0.25) is 4.79 Å². The molecule has 76 valence electrons. The fraction of sp³-hybridized carbons (Fsp3) is 0. The molecule has 0 fully saturated rings. The Bertz CT molecular complexity index is 528. The lowest BCUT2D eigenvalue weighted by Gasteiger charge is -2.05. The van der Waals surface area contributed by atoms with E-state index in [1.165, 1.54) is 6.07 Å². The maximum atomic E-state index is 11.6. The van der Waals surface area contributed by atoms with Crippen molar-refractivity contribution < 1.29 is 0 Å². The number of aromatic amines is 1. The van der Waals surface area contributed by atoms with Gasteiger partial charge in [0.15, 0.2) is 5.43 Å². The maximum Gasteiger partial charge on any atom is 0.189 e. The van der Waals surface area contributed by atoms with E-state index >= 15 is 0 Å². The van der Waals surface area contributed by atoms with Crippen LogP contribution in [0.5, 0.6) is 0 Å². The van der Waals surface area contributed by atoms with Crippen LogP contribution in [0.25, 0.3) is 11.1 Å². The van der Waals surface area contributed by atoms with Crippen molar-refractivity contribution in [2.24, 2.45) is 0 Å². The van der Waals surface area contributed by atoms with Gasteiger partial charge in [0.05, 0.1) is 10.0 Å². The fourth-order valence-electron chi connectivity index (χ4n) is 1.37. The summed E-state index contributed by atoms with van der Waals surface area (Å²) < 4.78 is 0. The molecule has 0 atom stereocenters. The molecule has 2 rings (SSSR count). The molecule has 0 spiro atoms. The molecule has 4 heteroatoms. The molecule has 0 radical (unpaired) electrons. The van der Waals surface area contributed by atoms with E-state index in [1.54, 1.807) is 30.6 Å². The van der Waals surface area contributed by atoms with Crippen molar-refractivity contribution in [2.75, 3.05) is 0 Å². The Hall–Kier alpha value is -1.25. The second-order valence-electron chi connectivity index (χ2n) is 3.02.